The zero-order chi connectivity index (χ0) is 7.21. The van der Waals surface area contributed by atoms with Crippen LogP contribution in [0, 0.1) is 11.3 Å². The topological polar surface area (TPSA) is 83.9 Å². The van der Waals surface area contributed by atoms with Crippen LogP contribution in [0.4, 0.5) is 0 Å². The van der Waals surface area contributed by atoms with Crippen molar-refractivity contribution < 1.29 is 8.42 Å². The van der Waals surface area contributed by atoms with Crippen molar-refractivity contribution in [3.63, 3.8) is 0 Å². The molecule has 4 nitrogen and oxygen atoms in total. The Labute approximate surface area is 52.4 Å². The first kappa shape index (κ1) is 10.6. The molecule has 0 aliphatic carbocycles. The summed E-state index contributed by atoms with van der Waals surface area (Å²) in [5.41, 5.74) is 0. The Bertz CT molecular complexity index is 159. The number of hydrogen-bond donors (Lipinski definition) is 1. The number of rotatable bonds is 0. The van der Waals surface area contributed by atoms with Crippen LogP contribution in [0.1, 0.15) is 6.92 Å². The predicted molar refractivity (Wildman–Crippen MR) is 30.2 cm³/mol. The van der Waals surface area contributed by atoms with Crippen LogP contribution < -0.4 is 5.14 Å². The highest BCUT2D eigenvalue weighted by Crippen LogP contribution is 1.77. The van der Waals surface area contributed by atoms with Crippen LogP contribution in [0.3, 0.4) is 0 Å². The summed E-state index contributed by atoms with van der Waals surface area (Å²) in [4.78, 5) is 0. The van der Waals surface area contributed by atoms with Crippen molar-refractivity contribution in [1.82, 2.24) is 0 Å². The zero-order valence-corrected chi connectivity index (χ0v) is 5.70. The van der Waals surface area contributed by atoms with Crippen molar-refractivity contribution in [1.29, 1.82) is 5.26 Å². The molecule has 0 bridgehead atoms. The highest BCUT2D eigenvalue weighted by Gasteiger charge is 1.83. The molecular formula is C2H5ClN2O2S. The Balaban J connectivity index is 0. The molecule has 0 aromatic heterocycles. The number of nitrogens with zero attached hydrogens (tertiary/aromatic N) is 1. The third-order valence-electron chi connectivity index (χ3n) is 0. The van der Waals surface area contributed by atoms with Crippen molar-refractivity contribution in [3.8, 4) is 6.07 Å². The maximum absolute atomic E-state index is 9.18. The summed E-state index contributed by atoms with van der Waals surface area (Å²) in [6.07, 6.45) is 0. The highest BCUT2D eigenvalue weighted by molar-refractivity contribution is 8.11. The molecule has 0 aromatic rings. The van der Waals surface area contributed by atoms with Crippen LogP contribution in [0.15, 0.2) is 0 Å². The number of hydrogen-bond acceptors (Lipinski definition) is 3. The molecule has 0 spiro atoms. The molecule has 0 saturated carbocycles. The fraction of sp³-hybridized carbons (Fsp3) is 0.500. The zero-order valence-electron chi connectivity index (χ0n) is 4.13. The van der Waals surface area contributed by atoms with Crippen molar-refractivity contribution in [2.75, 3.05) is 0 Å². The lowest BCUT2D eigenvalue weighted by molar-refractivity contribution is 0.611. The van der Waals surface area contributed by atoms with Crippen molar-refractivity contribution in [3.05, 3.63) is 0 Å². The fourth-order valence-corrected chi connectivity index (χ4v) is 0. The lowest BCUT2D eigenvalue weighted by Crippen LogP contribution is -2.00. The van der Waals surface area contributed by atoms with E-state index in [2.05, 4.69) is 15.8 Å². The maximum atomic E-state index is 9.18. The lowest BCUT2D eigenvalue weighted by Gasteiger charge is -1.66. The molecule has 0 heterocycles. The van der Waals surface area contributed by atoms with E-state index in [1.807, 2.05) is 0 Å². The molecule has 0 aliphatic heterocycles. The summed E-state index contributed by atoms with van der Waals surface area (Å²) in [5, 5.41) is 11.4. The van der Waals surface area contributed by atoms with E-state index in [0.717, 1.165) is 0 Å². The Morgan fingerprint density at radius 1 is 1.75 bits per heavy atom. The summed E-state index contributed by atoms with van der Waals surface area (Å²) in [5.74, 6) is 0. The SMILES string of the molecule is CC#N.NS(=O)(=O)Cl. The number of nitrogens with two attached hydrogens (primary N) is 1. The molecule has 8 heavy (non-hydrogen) atoms. The van der Waals surface area contributed by atoms with Crippen molar-refractivity contribution >= 4 is 19.9 Å². The molecule has 0 amide bonds. The largest absolute Gasteiger partial charge is 0.294 e. The van der Waals surface area contributed by atoms with Crippen molar-refractivity contribution in [2.45, 2.75) is 6.92 Å². The van der Waals surface area contributed by atoms with E-state index in [-0.39, 0.29) is 0 Å². The van der Waals surface area contributed by atoms with Gasteiger partial charge in [-0.15, -0.1) is 0 Å². The van der Waals surface area contributed by atoms with E-state index < -0.39 is 9.24 Å². The minimum Gasteiger partial charge on any atom is -0.215 e. The van der Waals surface area contributed by atoms with Gasteiger partial charge >= 0.3 is 0 Å². The van der Waals surface area contributed by atoms with E-state index in [9.17, 15) is 8.42 Å². The van der Waals surface area contributed by atoms with Gasteiger partial charge in [0, 0.05) is 17.6 Å². The van der Waals surface area contributed by atoms with Crippen LogP contribution in [0.5, 0.6) is 0 Å². The van der Waals surface area contributed by atoms with E-state index in [1.54, 1.807) is 6.07 Å². The smallest absolute Gasteiger partial charge is 0.215 e. The first-order valence-corrected chi connectivity index (χ1v) is 3.82. The highest BCUT2D eigenvalue weighted by atomic mass is 35.7. The number of nitriles is 1. The van der Waals surface area contributed by atoms with Gasteiger partial charge < -0.3 is 0 Å². The molecular weight excluding hydrogens is 152 g/mol. The second-order valence-corrected chi connectivity index (χ2v) is 2.94. The van der Waals surface area contributed by atoms with Crippen LogP contribution >= 0.6 is 10.7 Å². The van der Waals surface area contributed by atoms with Crippen LogP contribution in [-0.4, -0.2) is 8.42 Å². The molecule has 0 saturated heterocycles. The molecule has 0 atom stereocenters. The fourth-order valence-electron chi connectivity index (χ4n) is 0. The first-order chi connectivity index (χ1) is 3.41. The van der Waals surface area contributed by atoms with Gasteiger partial charge in [-0.1, -0.05) is 0 Å². The van der Waals surface area contributed by atoms with Gasteiger partial charge in [-0.3, -0.25) is 0 Å². The molecule has 0 fully saturated rings. The molecule has 0 radical (unpaired) electrons. The summed E-state index contributed by atoms with van der Waals surface area (Å²) in [6, 6.07) is 1.75. The van der Waals surface area contributed by atoms with Gasteiger partial charge in [0.05, 0.1) is 6.07 Å². The minimum absolute atomic E-state index is 1.43. The first-order valence-electron chi connectivity index (χ1n) is 1.45. The van der Waals surface area contributed by atoms with Gasteiger partial charge in [0.25, 0.3) is 9.24 Å². The molecule has 0 aliphatic rings. The Morgan fingerprint density at radius 2 is 1.75 bits per heavy atom. The monoisotopic (exact) mass is 156 g/mol. The average Bonchev–Trinajstić information content (AvgIpc) is 1.27. The lowest BCUT2D eigenvalue weighted by atomic mass is 11.0. The quantitative estimate of drug-likeness (QED) is 0.500. The third-order valence-corrected chi connectivity index (χ3v) is 0. The van der Waals surface area contributed by atoms with E-state index >= 15 is 0 Å². The molecule has 0 rings (SSSR count). The molecule has 0 aromatic carbocycles. The summed E-state index contributed by atoms with van der Waals surface area (Å²) in [6.45, 7) is 1.43. The van der Waals surface area contributed by atoms with E-state index in [4.69, 9.17) is 5.26 Å². The molecule has 48 valence electrons. The molecule has 0 unspecified atom stereocenters. The van der Waals surface area contributed by atoms with Crippen LogP contribution in [0.25, 0.3) is 0 Å². The predicted octanol–water partition coefficient (Wildman–Crippen LogP) is -0.0414. The Hall–Kier alpha value is -0.310. The van der Waals surface area contributed by atoms with Gasteiger partial charge in [0.2, 0.25) is 0 Å². The van der Waals surface area contributed by atoms with E-state index in [0.29, 0.717) is 0 Å². The van der Waals surface area contributed by atoms with E-state index in [1.165, 1.54) is 6.92 Å². The average molecular weight is 157 g/mol. The van der Waals surface area contributed by atoms with Gasteiger partial charge in [-0.2, -0.15) is 13.7 Å². The summed E-state index contributed by atoms with van der Waals surface area (Å²) >= 11 is 0. The van der Waals surface area contributed by atoms with Crippen LogP contribution in [0.2, 0.25) is 0 Å². The molecule has 2 N–H and O–H groups in total. The third kappa shape index (κ3) is 1300. The van der Waals surface area contributed by atoms with Gasteiger partial charge in [-0.05, 0) is 0 Å². The second-order valence-electron chi connectivity index (χ2n) is 0.699. The maximum Gasteiger partial charge on any atom is 0.294 e. The minimum atomic E-state index is -3.69. The summed E-state index contributed by atoms with van der Waals surface area (Å²) in [7, 11) is 0.586. The Morgan fingerprint density at radius 3 is 1.75 bits per heavy atom. The second kappa shape index (κ2) is 4.84. The van der Waals surface area contributed by atoms with Crippen molar-refractivity contribution in [2.24, 2.45) is 5.14 Å². The number of halogens is 1. The van der Waals surface area contributed by atoms with Gasteiger partial charge in [0.15, 0.2) is 0 Å². The molecule has 6 heteroatoms. The summed E-state index contributed by atoms with van der Waals surface area (Å²) < 4.78 is 18.4. The Kier molecular flexibility index (Phi) is 6.43. The van der Waals surface area contributed by atoms with Crippen LogP contribution in [-0.2, 0) is 9.24 Å². The van der Waals surface area contributed by atoms with Gasteiger partial charge in [-0.25, -0.2) is 5.14 Å². The van der Waals surface area contributed by atoms with Gasteiger partial charge in [0.1, 0.15) is 0 Å². The normalized spacial score (nSPS) is 8.25. The standard InChI is InChI=1S/C2H3N.ClH2NO2S/c1-2-3;1-5(2,3)4/h1H3;(H2,2,3,4).